The van der Waals surface area contributed by atoms with E-state index < -0.39 is 17.7 Å². The summed E-state index contributed by atoms with van der Waals surface area (Å²) in [6.45, 7) is 1.39. The zero-order valence-electron chi connectivity index (χ0n) is 18.7. The zero-order chi connectivity index (χ0) is 25.2. The van der Waals surface area contributed by atoms with Crippen LogP contribution in [0.1, 0.15) is 29.4 Å². The molecule has 1 fully saturated rings. The van der Waals surface area contributed by atoms with Gasteiger partial charge in [0.2, 0.25) is 5.95 Å². The van der Waals surface area contributed by atoms with E-state index in [-0.39, 0.29) is 29.2 Å². The number of hydrogen-bond donors (Lipinski definition) is 0. The third-order valence-corrected chi connectivity index (χ3v) is 5.81. The highest BCUT2D eigenvalue weighted by Crippen LogP contribution is 2.30. The molecular weight excluding hydrogens is 472 g/mol. The van der Waals surface area contributed by atoms with E-state index in [9.17, 15) is 13.6 Å². The number of urea groups is 1. The summed E-state index contributed by atoms with van der Waals surface area (Å²) in [7, 11) is 0. The molecular formula is C22H17F2N11O. The Morgan fingerprint density at radius 3 is 2.58 bits per heavy atom. The van der Waals surface area contributed by atoms with Crippen LogP contribution in [0.2, 0.25) is 0 Å². The number of nitriles is 2. The molecule has 2 amide bonds. The number of halogens is 2. The number of aromatic nitrogens is 5. The number of amides is 2. The van der Waals surface area contributed by atoms with Crippen LogP contribution < -0.4 is 4.90 Å². The monoisotopic (exact) mass is 489 g/mol. The van der Waals surface area contributed by atoms with E-state index in [0.717, 1.165) is 16.9 Å². The van der Waals surface area contributed by atoms with Gasteiger partial charge in [-0.15, -0.1) is 5.10 Å². The van der Waals surface area contributed by atoms with E-state index in [2.05, 4.69) is 25.2 Å². The van der Waals surface area contributed by atoms with Crippen molar-refractivity contribution in [1.82, 2.24) is 34.6 Å². The largest absolute Gasteiger partial charge is 0.341 e. The summed E-state index contributed by atoms with van der Waals surface area (Å²) in [6.07, 6.45) is 4.20. The number of hydrogen-bond acceptors (Lipinski definition) is 9. The first-order valence-electron chi connectivity index (χ1n) is 10.9. The van der Waals surface area contributed by atoms with E-state index >= 15 is 0 Å². The van der Waals surface area contributed by atoms with Gasteiger partial charge in [0.25, 0.3) is 5.82 Å². The van der Waals surface area contributed by atoms with E-state index in [1.807, 2.05) is 6.07 Å². The van der Waals surface area contributed by atoms with Gasteiger partial charge in [0, 0.05) is 38.8 Å². The molecule has 0 aliphatic carbocycles. The molecule has 1 atom stereocenters. The standard InChI is InChI=1S/C22H17F2N11O/c23-16-8-14(10-25)7-15(9-16)18-1-2-29-35(18)22(36)33-5-3-32(4-6-33)21-27-12-17(24)20(30-21)34-13-28-19(11-26)31-34/h2,7-9,12-13,18H,1,3-6H2/t18-/m0/s1. The van der Waals surface area contributed by atoms with Crippen LogP contribution in [0.25, 0.3) is 5.82 Å². The predicted molar refractivity (Wildman–Crippen MR) is 120 cm³/mol. The fourth-order valence-electron chi connectivity index (χ4n) is 4.07. The first-order chi connectivity index (χ1) is 17.5. The molecule has 36 heavy (non-hydrogen) atoms. The highest BCUT2D eigenvalue weighted by Gasteiger charge is 2.34. The lowest BCUT2D eigenvalue weighted by atomic mass is 10.0. The number of nitrogens with zero attached hydrogens (tertiary/aromatic N) is 11. The highest BCUT2D eigenvalue weighted by atomic mass is 19.1. The molecule has 12 nitrogen and oxygen atoms in total. The van der Waals surface area contributed by atoms with Crippen LogP contribution >= 0.6 is 0 Å². The van der Waals surface area contributed by atoms with Crippen LogP contribution in [0.5, 0.6) is 0 Å². The van der Waals surface area contributed by atoms with Gasteiger partial charge in [0.05, 0.1) is 23.9 Å². The van der Waals surface area contributed by atoms with Gasteiger partial charge in [-0.3, -0.25) is 0 Å². The van der Waals surface area contributed by atoms with Crippen LogP contribution in [0.3, 0.4) is 0 Å². The molecule has 2 aliphatic heterocycles. The fraction of sp³-hybridized carbons (Fsp3) is 0.273. The highest BCUT2D eigenvalue weighted by molar-refractivity contribution is 5.78. The smallest absolute Gasteiger partial charge is 0.337 e. The summed E-state index contributed by atoms with van der Waals surface area (Å²) in [4.78, 5) is 28.7. The van der Waals surface area contributed by atoms with Gasteiger partial charge in [-0.25, -0.2) is 28.6 Å². The lowest BCUT2D eigenvalue weighted by Gasteiger charge is -2.37. The molecule has 2 aliphatic rings. The maximum Gasteiger partial charge on any atom is 0.341 e. The Kier molecular flexibility index (Phi) is 5.92. The van der Waals surface area contributed by atoms with Crippen molar-refractivity contribution < 1.29 is 13.6 Å². The quantitative estimate of drug-likeness (QED) is 0.541. The molecule has 3 aromatic rings. The number of benzene rings is 1. The Morgan fingerprint density at radius 1 is 1.06 bits per heavy atom. The molecule has 1 saturated heterocycles. The number of hydrazone groups is 1. The first kappa shape index (κ1) is 22.8. The lowest BCUT2D eigenvalue weighted by molar-refractivity contribution is 0.139. The second-order valence-corrected chi connectivity index (χ2v) is 8.00. The van der Waals surface area contributed by atoms with Gasteiger partial charge in [-0.1, -0.05) is 0 Å². The molecule has 5 rings (SSSR count). The van der Waals surface area contributed by atoms with Crippen LogP contribution in [0, 0.1) is 34.3 Å². The van der Waals surface area contributed by atoms with Gasteiger partial charge in [-0.2, -0.15) is 25.3 Å². The zero-order valence-corrected chi connectivity index (χ0v) is 18.7. The van der Waals surface area contributed by atoms with E-state index in [1.165, 1.54) is 17.4 Å². The summed E-state index contributed by atoms with van der Waals surface area (Å²) >= 11 is 0. The van der Waals surface area contributed by atoms with Gasteiger partial charge >= 0.3 is 6.03 Å². The second kappa shape index (κ2) is 9.34. The molecule has 0 spiro atoms. The van der Waals surface area contributed by atoms with Crippen LogP contribution in [0.15, 0.2) is 35.8 Å². The molecule has 14 heteroatoms. The number of piperazine rings is 1. The Balaban J connectivity index is 1.28. The average Bonchev–Trinajstić information content (AvgIpc) is 3.58. The van der Waals surface area contributed by atoms with E-state index in [4.69, 9.17) is 10.5 Å². The third kappa shape index (κ3) is 4.27. The minimum Gasteiger partial charge on any atom is -0.337 e. The molecule has 1 aromatic carbocycles. The molecule has 0 saturated carbocycles. The van der Waals surface area contributed by atoms with Crippen LogP contribution in [-0.2, 0) is 0 Å². The van der Waals surface area contributed by atoms with E-state index in [0.29, 0.717) is 38.2 Å². The summed E-state index contributed by atoms with van der Waals surface area (Å²) < 4.78 is 29.3. The average molecular weight is 489 g/mol. The SMILES string of the molecule is N#Cc1cc(F)cc([C@@H]2CC=NN2C(=O)N2CCN(c3ncc(F)c(-n4cnc(C#N)n4)n3)CC2)c1. The van der Waals surface area contributed by atoms with Crippen molar-refractivity contribution in [2.24, 2.45) is 5.10 Å². The van der Waals surface area contributed by atoms with Gasteiger partial charge in [0.15, 0.2) is 11.6 Å². The molecule has 4 heterocycles. The van der Waals surface area contributed by atoms with Crippen molar-refractivity contribution in [3.05, 3.63) is 59.3 Å². The Morgan fingerprint density at radius 2 is 1.86 bits per heavy atom. The lowest BCUT2D eigenvalue weighted by Crippen LogP contribution is -2.52. The van der Waals surface area contributed by atoms with Crippen molar-refractivity contribution in [2.45, 2.75) is 12.5 Å². The van der Waals surface area contributed by atoms with Crippen molar-refractivity contribution in [3.8, 4) is 18.0 Å². The number of anilines is 1. The first-order valence-corrected chi connectivity index (χ1v) is 10.9. The van der Waals surface area contributed by atoms with Crippen molar-refractivity contribution in [1.29, 1.82) is 10.5 Å². The van der Waals surface area contributed by atoms with Gasteiger partial charge in [-0.05, 0) is 23.8 Å². The third-order valence-electron chi connectivity index (χ3n) is 5.81. The van der Waals surface area contributed by atoms with Gasteiger partial charge in [0.1, 0.15) is 18.2 Å². The van der Waals surface area contributed by atoms with Crippen LogP contribution in [-0.4, -0.2) is 73.1 Å². The Hall–Kier alpha value is -4.98. The van der Waals surface area contributed by atoms with Crippen LogP contribution in [0.4, 0.5) is 19.5 Å². The molecule has 2 aromatic heterocycles. The molecule has 0 unspecified atom stereocenters. The van der Waals surface area contributed by atoms with Crippen molar-refractivity contribution in [2.75, 3.05) is 31.1 Å². The summed E-state index contributed by atoms with van der Waals surface area (Å²) in [5.74, 6) is -1.30. The maximum absolute atomic E-state index is 14.3. The second-order valence-electron chi connectivity index (χ2n) is 8.00. The molecule has 0 radical (unpaired) electrons. The predicted octanol–water partition coefficient (Wildman–Crippen LogP) is 1.75. The molecule has 0 bridgehead atoms. The minimum atomic E-state index is -0.725. The Labute approximate surface area is 203 Å². The van der Waals surface area contributed by atoms with Gasteiger partial charge < -0.3 is 9.80 Å². The number of carbonyl (C=O) groups excluding carboxylic acids is 1. The molecule has 0 N–H and O–H groups in total. The minimum absolute atomic E-state index is 0.119. The number of carbonyl (C=O) groups is 1. The van der Waals surface area contributed by atoms with Crippen molar-refractivity contribution >= 4 is 18.2 Å². The summed E-state index contributed by atoms with van der Waals surface area (Å²) in [5.41, 5.74) is 0.669. The number of rotatable bonds is 3. The normalized spacial score (nSPS) is 17.2. The maximum atomic E-state index is 14.3. The summed E-state index contributed by atoms with van der Waals surface area (Å²) in [6, 6.07) is 6.83. The fourth-order valence-corrected chi connectivity index (χ4v) is 4.07. The van der Waals surface area contributed by atoms with Crippen molar-refractivity contribution in [3.63, 3.8) is 0 Å². The van der Waals surface area contributed by atoms with E-state index in [1.54, 1.807) is 28.2 Å². The molecule has 180 valence electrons. The summed E-state index contributed by atoms with van der Waals surface area (Å²) in [5, 5.41) is 27.4. The Bertz CT molecular complexity index is 1430. The topological polar surface area (TPSA) is 143 Å².